The number of carboxylic acids is 1. The maximum atomic E-state index is 12.2. The second kappa shape index (κ2) is 7.21. The highest BCUT2D eigenvalue weighted by Gasteiger charge is 2.26. The molecule has 0 radical (unpaired) electrons. The molecular weight excluding hydrogens is 294 g/mol. The molecule has 1 aromatic carbocycles. The molecule has 0 heterocycles. The monoisotopic (exact) mass is 313 g/mol. The summed E-state index contributed by atoms with van der Waals surface area (Å²) in [7, 11) is -3.53. The van der Waals surface area contributed by atoms with Gasteiger partial charge in [-0.15, -0.1) is 0 Å². The minimum atomic E-state index is -3.53. The highest BCUT2D eigenvalue weighted by molar-refractivity contribution is 7.91. The Morgan fingerprint density at radius 2 is 1.81 bits per heavy atom. The van der Waals surface area contributed by atoms with Crippen molar-refractivity contribution in [1.82, 2.24) is 5.32 Å². The number of rotatable bonds is 7. The van der Waals surface area contributed by atoms with Crippen LogP contribution >= 0.6 is 0 Å². The number of sulfone groups is 1. The van der Waals surface area contributed by atoms with Gasteiger partial charge in [-0.05, 0) is 25.5 Å². The molecule has 1 amide bonds. The summed E-state index contributed by atoms with van der Waals surface area (Å²) in [6, 6.07) is 7.32. The fraction of sp³-hybridized carbons (Fsp3) is 0.429. The fourth-order valence-electron chi connectivity index (χ4n) is 1.69. The summed E-state index contributed by atoms with van der Waals surface area (Å²) < 4.78 is 24.4. The van der Waals surface area contributed by atoms with E-state index in [0.29, 0.717) is 6.42 Å². The van der Waals surface area contributed by atoms with Crippen molar-refractivity contribution in [2.45, 2.75) is 31.2 Å². The Bertz CT molecular complexity index is 597. The van der Waals surface area contributed by atoms with Gasteiger partial charge in [-0.3, -0.25) is 9.59 Å². The van der Waals surface area contributed by atoms with Crippen LogP contribution in [0.5, 0.6) is 0 Å². The number of aliphatic carboxylic acids is 1. The van der Waals surface area contributed by atoms with Gasteiger partial charge in [0.15, 0.2) is 9.84 Å². The normalized spacial score (nSPS) is 14.2. The molecule has 1 aromatic rings. The van der Waals surface area contributed by atoms with E-state index in [1.165, 1.54) is 19.1 Å². The second-order valence-corrected chi connectivity index (χ2v) is 6.80. The highest BCUT2D eigenvalue weighted by Crippen LogP contribution is 2.12. The second-order valence-electron chi connectivity index (χ2n) is 4.77. The summed E-state index contributed by atoms with van der Waals surface area (Å²) in [5.41, 5.74) is 0. The van der Waals surface area contributed by atoms with E-state index < -0.39 is 33.7 Å². The molecule has 0 bridgehead atoms. The molecule has 2 unspecified atom stereocenters. The van der Waals surface area contributed by atoms with Crippen LogP contribution in [0.2, 0.25) is 0 Å². The third-order valence-electron chi connectivity index (χ3n) is 3.13. The zero-order valence-corrected chi connectivity index (χ0v) is 12.8. The molecule has 0 fully saturated rings. The third kappa shape index (κ3) is 4.86. The number of hydrogen-bond donors (Lipinski definition) is 2. The summed E-state index contributed by atoms with van der Waals surface area (Å²) in [6.07, 6.45) is 0.393. The van der Waals surface area contributed by atoms with Gasteiger partial charge in [0, 0.05) is 6.04 Å². The van der Waals surface area contributed by atoms with Gasteiger partial charge in [0.1, 0.15) is 5.92 Å². The summed E-state index contributed by atoms with van der Waals surface area (Å²) >= 11 is 0. The number of nitrogens with one attached hydrogen (secondary N) is 1. The minimum absolute atomic E-state index is 0.184. The lowest BCUT2D eigenvalue weighted by molar-refractivity contribution is -0.146. The molecule has 0 saturated heterocycles. The summed E-state index contributed by atoms with van der Waals surface area (Å²) in [4.78, 5) is 22.6. The van der Waals surface area contributed by atoms with Crippen molar-refractivity contribution in [3.05, 3.63) is 30.3 Å². The lowest BCUT2D eigenvalue weighted by Gasteiger charge is -2.18. The Labute approximate surface area is 124 Å². The predicted molar refractivity (Wildman–Crippen MR) is 77.5 cm³/mol. The van der Waals surface area contributed by atoms with E-state index in [-0.39, 0.29) is 10.6 Å². The highest BCUT2D eigenvalue weighted by atomic mass is 32.2. The van der Waals surface area contributed by atoms with Crippen LogP contribution in [-0.4, -0.2) is 37.2 Å². The van der Waals surface area contributed by atoms with Crippen LogP contribution in [0.1, 0.15) is 20.3 Å². The van der Waals surface area contributed by atoms with Gasteiger partial charge in [-0.25, -0.2) is 8.42 Å². The predicted octanol–water partition coefficient (Wildman–Crippen LogP) is 1.08. The molecular formula is C14H19NO5S. The Hall–Kier alpha value is -1.89. The molecule has 116 valence electrons. The first-order chi connectivity index (χ1) is 9.77. The number of benzene rings is 1. The smallest absolute Gasteiger partial charge is 0.315 e. The molecule has 2 N–H and O–H groups in total. The third-order valence-corrected chi connectivity index (χ3v) is 4.96. The average Bonchev–Trinajstić information content (AvgIpc) is 2.46. The Morgan fingerprint density at radius 3 is 2.29 bits per heavy atom. The zero-order valence-electron chi connectivity index (χ0n) is 11.9. The standard InChI is InChI=1S/C14H19NO5S/c1-3-11(15-13(16)10(2)14(17)18)9-21(19,20)12-7-5-4-6-8-12/h4-8,10-11H,3,9H2,1-2H3,(H,15,16)(H,17,18). The lowest BCUT2D eigenvalue weighted by atomic mass is 10.1. The number of hydrogen-bond acceptors (Lipinski definition) is 4. The lowest BCUT2D eigenvalue weighted by Crippen LogP contribution is -2.43. The molecule has 21 heavy (non-hydrogen) atoms. The molecule has 0 aromatic heterocycles. The van der Waals surface area contributed by atoms with Crippen molar-refractivity contribution >= 4 is 21.7 Å². The first-order valence-electron chi connectivity index (χ1n) is 6.59. The Kier molecular flexibility index (Phi) is 5.90. The van der Waals surface area contributed by atoms with Crippen LogP contribution in [0, 0.1) is 5.92 Å². The molecule has 0 aliphatic carbocycles. The number of carbonyl (C=O) groups excluding carboxylic acids is 1. The maximum Gasteiger partial charge on any atom is 0.315 e. The van der Waals surface area contributed by atoms with Crippen LogP contribution in [0.4, 0.5) is 0 Å². The molecule has 2 atom stereocenters. The van der Waals surface area contributed by atoms with E-state index in [0.717, 1.165) is 0 Å². The topological polar surface area (TPSA) is 101 Å². The molecule has 0 saturated carbocycles. The summed E-state index contributed by atoms with van der Waals surface area (Å²) in [6.45, 7) is 2.99. The molecule has 6 nitrogen and oxygen atoms in total. The van der Waals surface area contributed by atoms with E-state index >= 15 is 0 Å². The molecule has 0 aliphatic rings. The SMILES string of the molecule is CCC(CS(=O)(=O)c1ccccc1)NC(=O)C(C)C(=O)O. The molecule has 0 aliphatic heterocycles. The van der Waals surface area contributed by atoms with E-state index in [9.17, 15) is 18.0 Å². The van der Waals surface area contributed by atoms with Crippen LogP contribution in [0.25, 0.3) is 0 Å². The van der Waals surface area contributed by atoms with E-state index in [4.69, 9.17) is 5.11 Å². The summed E-state index contributed by atoms with van der Waals surface area (Å²) in [5.74, 6) is -3.39. The average molecular weight is 313 g/mol. The Morgan fingerprint density at radius 1 is 1.24 bits per heavy atom. The molecule has 1 rings (SSSR count). The van der Waals surface area contributed by atoms with Crippen LogP contribution in [-0.2, 0) is 19.4 Å². The van der Waals surface area contributed by atoms with Crippen molar-refractivity contribution in [3.63, 3.8) is 0 Å². The van der Waals surface area contributed by atoms with Crippen molar-refractivity contribution < 1.29 is 23.1 Å². The van der Waals surface area contributed by atoms with Gasteiger partial charge in [0.25, 0.3) is 0 Å². The van der Waals surface area contributed by atoms with Crippen molar-refractivity contribution in [2.75, 3.05) is 5.75 Å². The van der Waals surface area contributed by atoms with Crippen LogP contribution < -0.4 is 5.32 Å². The fourth-order valence-corrected chi connectivity index (χ4v) is 3.30. The Balaban J connectivity index is 2.79. The van der Waals surface area contributed by atoms with E-state index in [1.807, 2.05) is 0 Å². The van der Waals surface area contributed by atoms with Crippen molar-refractivity contribution in [2.24, 2.45) is 5.92 Å². The van der Waals surface area contributed by atoms with E-state index in [2.05, 4.69) is 5.32 Å². The van der Waals surface area contributed by atoms with Gasteiger partial charge in [-0.2, -0.15) is 0 Å². The van der Waals surface area contributed by atoms with Gasteiger partial charge in [0.05, 0.1) is 10.6 Å². The first-order valence-corrected chi connectivity index (χ1v) is 8.24. The van der Waals surface area contributed by atoms with Gasteiger partial charge in [-0.1, -0.05) is 25.1 Å². The minimum Gasteiger partial charge on any atom is -0.481 e. The number of carboxylic acid groups (broad SMARTS) is 1. The van der Waals surface area contributed by atoms with Gasteiger partial charge < -0.3 is 10.4 Å². The number of carbonyl (C=O) groups is 2. The maximum absolute atomic E-state index is 12.2. The van der Waals surface area contributed by atoms with E-state index in [1.54, 1.807) is 25.1 Å². The van der Waals surface area contributed by atoms with Crippen LogP contribution in [0.15, 0.2) is 35.2 Å². The number of amides is 1. The summed E-state index contributed by atoms with van der Waals surface area (Å²) in [5, 5.41) is 11.2. The van der Waals surface area contributed by atoms with Gasteiger partial charge in [0.2, 0.25) is 5.91 Å². The van der Waals surface area contributed by atoms with Crippen molar-refractivity contribution in [1.29, 1.82) is 0 Å². The largest absolute Gasteiger partial charge is 0.481 e. The quantitative estimate of drug-likeness (QED) is 0.734. The first kappa shape index (κ1) is 17.2. The molecule has 0 spiro atoms. The van der Waals surface area contributed by atoms with Gasteiger partial charge >= 0.3 is 5.97 Å². The van der Waals surface area contributed by atoms with Crippen molar-refractivity contribution in [3.8, 4) is 0 Å². The zero-order chi connectivity index (χ0) is 16.0. The van der Waals surface area contributed by atoms with Crippen LogP contribution in [0.3, 0.4) is 0 Å². The molecule has 7 heteroatoms.